The number of unbranched alkanes of at least 4 members (excludes halogenated alkanes) is 8. The largest absolute Gasteiger partial charge is 0.477 e. The fraction of sp³-hybridized carbons (Fsp3) is 0.703. The second kappa shape index (κ2) is 28.7. The number of carboxylic acid groups (broad SMARTS) is 1. The van der Waals surface area contributed by atoms with Crippen LogP contribution in [0.15, 0.2) is 48.6 Å². The van der Waals surface area contributed by atoms with Gasteiger partial charge in [-0.2, -0.15) is 0 Å². The van der Waals surface area contributed by atoms with Crippen molar-refractivity contribution >= 4 is 17.9 Å². The maximum absolute atomic E-state index is 12.6. The van der Waals surface area contributed by atoms with E-state index in [1.54, 1.807) is 6.08 Å². The molecular formula is C37H64NO7+. The van der Waals surface area contributed by atoms with Gasteiger partial charge in [-0.25, -0.2) is 4.79 Å². The van der Waals surface area contributed by atoms with Crippen molar-refractivity contribution in [2.45, 2.75) is 129 Å². The molecule has 0 aliphatic rings. The van der Waals surface area contributed by atoms with Gasteiger partial charge in [-0.1, -0.05) is 94.6 Å². The van der Waals surface area contributed by atoms with E-state index in [1.165, 1.54) is 32.1 Å². The van der Waals surface area contributed by atoms with Crippen molar-refractivity contribution in [1.29, 1.82) is 0 Å². The van der Waals surface area contributed by atoms with Gasteiger partial charge < -0.3 is 23.8 Å². The summed E-state index contributed by atoms with van der Waals surface area (Å²) in [5.41, 5.74) is 0. The Balaban J connectivity index is 4.59. The van der Waals surface area contributed by atoms with Gasteiger partial charge in [0.1, 0.15) is 6.61 Å². The molecule has 258 valence electrons. The molecule has 0 saturated heterocycles. The first-order valence-corrected chi connectivity index (χ1v) is 17.2. The Morgan fingerprint density at radius 1 is 0.711 bits per heavy atom. The summed E-state index contributed by atoms with van der Waals surface area (Å²) >= 11 is 0. The summed E-state index contributed by atoms with van der Waals surface area (Å²) in [7, 11) is 5.47. The number of aliphatic carboxylic acids is 1. The van der Waals surface area contributed by atoms with E-state index >= 15 is 0 Å². The van der Waals surface area contributed by atoms with Crippen LogP contribution in [0.3, 0.4) is 0 Å². The first-order chi connectivity index (χ1) is 21.6. The summed E-state index contributed by atoms with van der Waals surface area (Å²) in [6.45, 7) is 4.43. The Labute approximate surface area is 274 Å². The lowest BCUT2D eigenvalue weighted by atomic mass is 10.1. The number of rotatable bonds is 29. The zero-order valence-corrected chi connectivity index (χ0v) is 29.1. The highest BCUT2D eigenvalue weighted by atomic mass is 16.6. The number of likely N-dealkylation sites (N-methyl/N-ethyl adjacent to an activating group) is 1. The number of carbonyl (C=O) groups excluding carboxylic acids is 2. The Morgan fingerprint density at radius 2 is 1.31 bits per heavy atom. The molecule has 0 radical (unpaired) electrons. The predicted molar refractivity (Wildman–Crippen MR) is 183 cm³/mol. The van der Waals surface area contributed by atoms with Gasteiger partial charge >= 0.3 is 17.9 Å². The van der Waals surface area contributed by atoms with Crippen LogP contribution in [0, 0.1) is 0 Å². The van der Waals surface area contributed by atoms with Gasteiger partial charge in [-0.3, -0.25) is 9.59 Å². The van der Waals surface area contributed by atoms with Crippen LogP contribution in [0.4, 0.5) is 0 Å². The minimum Gasteiger partial charge on any atom is -0.477 e. The van der Waals surface area contributed by atoms with Crippen LogP contribution in [0.25, 0.3) is 0 Å². The molecule has 0 aliphatic carbocycles. The molecule has 1 N–H and O–H groups in total. The third-order valence-electron chi connectivity index (χ3n) is 7.25. The van der Waals surface area contributed by atoms with Gasteiger partial charge in [-0.05, 0) is 51.4 Å². The molecule has 0 saturated carbocycles. The normalized spacial score (nSPS) is 13.7. The van der Waals surface area contributed by atoms with E-state index in [1.807, 2.05) is 27.2 Å². The van der Waals surface area contributed by atoms with Crippen LogP contribution < -0.4 is 0 Å². The van der Waals surface area contributed by atoms with Crippen LogP contribution in [0.2, 0.25) is 0 Å². The van der Waals surface area contributed by atoms with E-state index in [9.17, 15) is 19.5 Å². The number of carbonyl (C=O) groups is 3. The van der Waals surface area contributed by atoms with Crippen LogP contribution in [-0.2, 0) is 28.6 Å². The molecule has 0 rings (SSSR count). The highest BCUT2D eigenvalue weighted by molar-refractivity contribution is 5.72. The molecule has 0 aromatic carbocycles. The molecule has 45 heavy (non-hydrogen) atoms. The zero-order valence-electron chi connectivity index (χ0n) is 29.1. The summed E-state index contributed by atoms with van der Waals surface area (Å²) in [6.07, 6.45) is 30.5. The van der Waals surface area contributed by atoms with E-state index in [0.717, 1.165) is 51.4 Å². The summed E-state index contributed by atoms with van der Waals surface area (Å²) in [5, 5.41) is 9.54. The van der Waals surface area contributed by atoms with Gasteiger partial charge in [0.25, 0.3) is 0 Å². The van der Waals surface area contributed by atoms with Crippen molar-refractivity contribution in [3.8, 4) is 0 Å². The third-order valence-corrected chi connectivity index (χ3v) is 7.25. The standard InChI is InChI=1S/C37H63NO7/c1-6-8-10-12-14-16-17-18-20-22-24-26-28-36(40)45-33(31-43-30-29-34(37(41)42)38(3,4)5)32-44-35(39)27-25-23-21-19-15-13-11-9-7-2/h9,11,14-16,19,23,25,33-34H,6-8,10,12-13,17-18,20-22,24,26-32H2,1-5H3/p+1/b11-9+,16-14+,19-15+,25-23+. The Hall–Kier alpha value is -2.71. The minimum atomic E-state index is -0.890. The molecule has 0 fully saturated rings. The fourth-order valence-electron chi connectivity index (χ4n) is 4.56. The highest BCUT2D eigenvalue weighted by Gasteiger charge is 2.31. The molecule has 8 heteroatoms. The Morgan fingerprint density at radius 3 is 1.93 bits per heavy atom. The van der Waals surface area contributed by atoms with Crippen molar-refractivity contribution < 1.29 is 38.2 Å². The van der Waals surface area contributed by atoms with E-state index in [4.69, 9.17) is 14.2 Å². The second-order valence-electron chi connectivity index (χ2n) is 12.4. The number of carboxylic acids is 1. The fourth-order valence-corrected chi connectivity index (χ4v) is 4.56. The lowest BCUT2D eigenvalue weighted by molar-refractivity contribution is -0.887. The van der Waals surface area contributed by atoms with E-state index < -0.39 is 24.1 Å². The second-order valence-corrected chi connectivity index (χ2v) is 12.4. The van der Waals surface area contributed by atoms with Crippen LogP contribution >= 0.6 is 0 Å². The van der Waals surface area contributed by atoms with Crippen molar-refractivity contribution in [2.75, 3.05) is 41.0 Å². The minimum absolute atomic E-state index is 0.0293. The first kappa shape index (κ1) is 42.3. The van der Waals surface area contributed by atoms with Crippen LogP contribution in [0.1, 0.15) is 117 Å². The van der Waals surface area contributed by atoms with Gasteiger partial charge in [0.2, 0.25) is 0 Å². The molecule has 0 bridgehead atoms. The van der Waals surface area contributed by atoms with Gasteiger partial charge in [0, 0.05) is 12.8 Å². The van der Waals surface area contributed by atoms with E-state index in [-0.39, 0.29) is 36.7 Å². The number of nitrogens with zero attached hydrogens (tertiary/aromatic N) is 1. The molecule has 8 nitrogen and oxygen atoms in total. The molecule has 0 amide bonds. The topological polar surface area (TPSA) is 99.1 Å². The number of esters is 2. The number of allylic oxidation sites excluding steroid dienone is 7. The van der Waals surface area contributed by atoms with Crippen molar-refractivity contribution in [1.82, 2.24) is 0 Å². The SMILES string of the molecule is CC/C=C/C/C=C/C/C=C/CC(=O)OCC(COCCC(C(=O)O)[N+](C)(C)C)OC(=O)CCCCCCC/C=C/CCCCC. The van der Waals surface area contributed by atoms with Crippen molar-refractivity contribution in [2.24, 2.45) is 0 Å². The molecule has 0 aromatic rings. The molecule has 2 unspecified atom stereocenters. The maximum atomic E-state index is 12.6. The lowest BCUT2D eigenvalue weighted by Crippen LogP contribution is -2.50. The predicted octanol–water partition coefficient (Wildman–Crippen LogP) is 8.12. The van der Waals surface area contributed by atoms with E-state index in [0.29, 0.717) is 12.8 Å². The average Bonchev–Trinajstić information content (AvgIpc) is 2.98. The summed E-state index contributed by atoms with van der Waals surface area (Å²) < 4.78 is 17.0. The van der Waals surface area contributed by atoms with Gasteiger partial charge in [0.05, 0.1) is 40.8 Å². The Kier molecular flexibility index (Phi) is 27.0. The number of hydrogen-bond acceptors (Lipinski definition) is 6. The molecule has 0 spiro atoms. The van der Waals surface area contributed by atoms with Gasteiger partial charge in [-0.15, -0.1) is 0 Å². The maximum Gasteiger partial charge on any atom is 0.362 e. The highest BCUT2D eigenvalue weighted by Crippen LogP contribution is 2.12. The van der Waals surface area contributed by atoms with Gasteiger partial charge in [0.15, 0.2) is 12.1 Å². The molecule has 0 aliphatic heterocycles. The summed E-state index contributed by atoms with van der Waals surface area (Å²) in [6, 6.07) is -0.625. The molecule has 0 heterocycles. The zero-order chi connectivity index (χ0) is 33.6. The van der Waals surface area contributed by atoms with E-state index in [2.05, 4.69) is 50.3 Å². The number of hydrogen-bond donors (Lipinski definition) is 1. The van der Waals surface area contributed by atoms with Crippen LogP contribution in [0.5, 0.6) is 0 Å². The van der Waals surface area contributed by atoms with Crippen molar-refractivity contribution in [3.05, 3.63) is 48.6 Å². The lowest BCUT2D eigenvalue weighted by Gasteiger charge is -2.31. The first-order valence-electron chi connectivity index (χ1n) is 17.2. The molecule has 0 aromatic heterocycles. The molecular weight excluding hydrogens is 570 g/mol. The summed E-state index contributed by atoms with van der Waals surface area (Å²) in [5.74, 6) is -1.64. The van der Waals surface area contributed by atoms with Crippen molar-refractivity contribution in [3.63, 3.8) is 0 Å². The number of ether oxygens (including phenoxy) is 3. The Bertz CT molecular complexity index is 886. The molecule has 2 atom stereocenters. The smallest absolute Gasteiger partial charge is 0.362 e. The average molecular weight is 635 g/mol. The third kappa shape index (κ3) is 27.3. The number of quaternary nitrogens is 1. The van der Waals surface area contributed by atoms with Crippen LogP contribution in [-0.4, -0.2) is 80.6 Å². The monoisotopic (exact) mass is 634 g/mol. The summed E-state index contributed by atoms with van der Waals surface area (Å²) in [4.78, 5) is 36.5. The quantitative estimate of drug-likeness (QED) is 0.0384.